The fourth-order valence-corrected chi connectivity index (χ4v) is 11.3. The second-order valence-corrected chi connectivity index (χ2v) is 22.5. The zero-order valence-electron chi connectivity index (χ0n) is 47.5. The lowest BCUT2D eigenvalue weighted by Gasteiger charge is -2.34. The van der Waals surface area contributed by atoms with E-state index in [0.29, 0.717) is 6.61 Å². The third-order valence-corrected chi connectivity index (χ3v) is 16.3. The summed E-state index contributed by atoms with van der Waals surface area (Å²) in [6.45, 7) is 13.7. The van der Waals surface area contributed by atoms with Gasteiger partial charge < -0.3 is 19.7 Å². The van der Waals surface area contributed by atoms with Crippen LogP contribution in [0.25, 0.3) is 0 Å². The molecule has 0 saturated carbocycles. The van der Waals surface area contributed by atoms with Crippen LogP contribution in [0.5, 0.6) is 0 Å². The first-order chi connectivity index (χ1) is 34.3. The molecule has 1 rings (SSSR count). The minimum Gasteiger partial charge on any atom is -0.465 e. The monoisotopic (exact) mass is 988 g/mol. The number of aliphatic hydroxyl groups excluding tert-OH is 2. The van der Waals surface area contributed by atoms with E-state index in [4.69, 9.17) is 9.47 Å². The molecule has 1 heterocycles. The van der Waals surface area contributed by atoms with E-state index in [9.17, 15) is 19.8 Å². The third kappa shape index (κ3) is 37.3. The number of allylic oxidation sites excluding steroid dienone is 1. The molecule has 1 aliphatic heterocycles. The molecule has 0 bridgehead atoms. The molecule has 0 aliphatic carbocycles. The molecule has 1 fully saturated rings. The van der Waals surface area contributed by atoms with E-state index in [-0.39, 0.29) is 36.4 Å². The Morgan fingerprint density at radius 1 is 0.629 bits per heavy atom. The summed E-state index contributed by atoms with van der Waals surface area (Å²) in [5, 5.41) is 22.1. The Morgan fingerprint density at radius 3 is 1.76 bits per heavy atom. The predicted molar refractivity (Wildman–Crippen MR) is 300 cm³/mol. The van der Waals surface area contributed by atoms with Crippen molar-refractivity contribution in [3.8, 4) is 0 Å². The van der Waals surface area contributed by atoms with Gasteiger partial charge in [-0.3, -0.25) is 14.5 Å². The lowest BCUT2D eigenvalue weighted by atomic mass is 9.82. The minimum absolute atomic E-state index is 0.000138. The highest BCUT2D eigenvalue weighted by Crippen LogP contribution is 2.29. The molecular formula is C63H121NO6. The molecule has 70 heavy (non-hydrogen) atoms. The van der Waals surface area contributed by atoms with Gasteiger partial charge in [0, 0.05) is 0 Å². The zero-order valence-corrected chi connectivity index (χ0v) is 47.5. The lowest BCUT2D eigenvalue weighted by molar-refractivity contribution is -0.149. The molecule has 6 unspecified atom stereocenters. The number of carbonyl (C=O) groups excluding carboxylic acids is 2. The Labute approximate surface area is 436 Å². The van der Waals surface area contributed by atoms with Crippen molar-refractivity contribution in [2.75, 3.05) is 26.3 Å². The summed E-state index contributed by atoms with van der Waals surface area (Å²) < 4.78 is 11.7. The number of ether oxygens (including phenoxy) is 2. The molecular weight excluding hydrogens is 867 g/mol. The Hall–Kier alpha value is -1.44. The van der Waals surface area contributed by atoms with Gasteiger partial charge in [0.15, 0.2) is 0 Å². The second kappa shape index (κ2) is 49.8. The number of esters is 2. The van der Waals surface area contributed by atoms with Crippen LogP contribution in [0, 0.1) is 23.7 Å². The van der Waals surface area contributed by atoms with Gasteiger partial charge >= 0.3 is 11.9 Å². The molecule has 7 heteroatoms. The molecule has 2 N–H and O–H groups in total. The molecule has 7 nitrogen and oxygen atoms in total. The Balaban J connectivity index is 2.85. The van der Waals surface area contributed by atoms with Gasteiger partial charge in [-0.1, -0.05) is 253 Å². The highest BCUT2D eigenvalue weighted by atomic mass is 16.5. The summed E-state index contributed by atoms with van der Waals surface area (Å²) >= 11 is 0. The second-order valence-electron chi connectivity index (χ2n) is 22.5. The molecule has 0 spiro atoms. The lowest BCUT2D eigenvalue weighted by Crippen LogP contribution is -2.47. The summed E-state index contributed by atoms with van der Waals surface area (Å²) in [6, 6.07) is -0.262. The number of cyclic esters (lactones) is 1. The number of nitrogens with zero attached hydrogens (tertiary/aromatic N) is 1. The van der Waals surface area contributed by atoms with Crippen LogP contribution in [0.4, 0.5) is 0 Å². The predicted octanol–water partition coefficient (Wildman–Crippen LogP) is 18.4. The van der Waals surface area contributed by atoms with Gasteiger partial charge in [-0.2, -0.15) is 0 Å². The summed E-state index contributed by atoms with van der Waals surface area (Å²) in [7, 11) is 0. The van der Waals surface area contributed by atoms with Crippen molar-refractivity contribution < 1.29 is 29.3 Å². The summed E-state index contributed by atoms with van der Waals surface area (Å²) in [5.41, 5.74) is 0. The number of unbranched alkanes of at least 4 members (excludes halogenated alkanes) is 15. The van der Waals surface area contributed by atoms with Gasteiger partial charge in [-0.25, -0.2) is 0 Å². The van der Waals surface area contributed by atoms with Crippen molar-refractivity contribution >= 4 is 11.9 Å². The van der Waals surface area contributed by atoms with E-state index < -0.39 is 6.10 Å². The maximum atomic E-state index is 13.6. The fraction of sp³-hybridized carbons (Fsp3) is 0.937. The van der Waals surface area contributed by atoms with Crippen LogP contribution >= 0.6 is 0 Å². The quantitative estimate of drug-likeness (QED) is 0.0458. The fourth-order valence-electron chi connectivity index (χ4n) is 11.3. The van der Waals surface area contributed by atoms with Crippen LogP contribution in [0.15, 0.2) is 12.3 Å². The van der Waals surface area contributed by atoms with Gasteiger partial charge in [0.25, 0.3) is 0 Å². The maximum Gasteiger partial charge on any atom is 0.313 e. The van der Waals surface area contributed by atoms with Crippen molar-refractivity contribution in [3.05, 3.63) is 12.3 Å². The van der Waals surface area contributed by atoms with Crippen LogP contribution in [-0.2, 0) is 19.1 Å². The number of rotatable bonds is 28. The van der Waals surface area contributed by atoms with Gasteiger partial charge in [0.1, 0.15) is 0 Å². The van der Waals surface area contributed by atoms with Crippen LogP contribution in [0.3, 0.4) is 0 Å². The summed E-state index contributed by atoms with van der Waals surface area (Å²) in [4.78, 5) is 29.1. The average Bonchev–Trinajstić information content (AvgIpc) is 3.36. The van der Waals surface area contributed by atoms with Crippen molar-refractivity contribution in [3.63, 3.8) is 0 Å². The molecule has 1 aliphatic rings. The van der Waals surface area contributed by atoms with E-state index in [1.165, 1.54) is 167 Å². The van der Waals surface area contributed by atoms with Gasteiger partial charge in [0.05, 0.1) is 43.5 Å². The molecule has 0 aromatic rings. The van der Waals surface area contributed by atoms with Gasteiger partial charge in [-0.15, -0.1) is 0 Å². The third-order valence-electron chi connectivity index (χ3n) is 16.3. The molecule has 0 amide bonds. The normalized spacial score (nSPS) is 23.4. The molecule has 0 aromatic carbocycles. The average molecular weight is 989 g/mol. The standard InChI is InChI=1S/C63H121NO6/c1-6-10-13-16-27-36-46-58(45-35-15-12-8-3)62(67)69-53-41-32-30-39-51-64-52-40-31-33-42-54-70-63(68)59(47-37-28-17-14-11-7-2)49-43-48-57(9-4)56(5)44-34-26-24-22-20-18-19-21-23-25-29-38-50-61(66)60(64)55-65/h41,53,56-61,65-66H,6-40,42-52,54-55H2,1-5H3/b53-41-. The van der Waals surface area contributed by atoms with Crippen LogP contribution in [0.1, 0.15) is 317 Å². The van der Waals surface area contributed by atoms with E-state index in [2.05, 4.69) is 39.5 Å². The SMILES string of the molecule is CCCCCCCCC(CCCCCC)C(=O)O/C=C\CCCCN1CCCCCCOC(=O)C(CCCCCCCC)CCCC(CC)C(C)CCCCCCCCCCCCCCC(O)C1CO. The Kier molecular flexibility index (Phi) is 47.3. The van der Waals surface area contributed by atoms with Crippen molar-refractivity contribution in [2.24, 2.45) is 23.7 Å². The Morgan fingerprint density at radius 2 is 1.16 bits per heavy atom. The van der Waals surface area contributed by atoms with Gasteiger partial charge in [-0.05, 0) is 95.2 Å². The highest BCUT2D eigenvalue weighted by molar-refractivity contribution is 5.73. The van der Waals surface area contributed by atoms with Crippen LogP contribution in [-0.4, -0.2) is 65.5 Å². The van der Waals surface area contributed by atoms with Crippen molar-refractivity contribution in [2.45, 2.75) is 329 Å². The van der Waals surface area contributed by atoms with E-state index >= 15 is 0 Å². The molecule has 6 atom stereocenters. The number of hydrogen-bond acceptors (Lipinski definition) is 7. The number of hydrogen-bond donors (Lipinski definition) is 2. The highest BCUT2D eigenvalue weighted by Gasteiger charge is 2.26. The summed E-state index contributed by atoms with van der Waals surface area (Å²) in [5.74, 6) is 1.52. The number of carbonyl (C=O) groups is 2. The smallest absolute Gasteiger partial charge is 0.313 e. The van der Waals surface area contributed by atoms with Gasteiger partial charge in [0.2, 0.25) is 0 Å². The molecule has 0 radical (unpaired) electrons. The van der Waals surface area contributed by atoms with Crippen molar-refractivity contribution in [1.82, 2.24) is 4.90 Å². The Bertz CT molecular complexity index is 1160. The zero-order chi connectivity index (χ0) is 51.0. The molecule has 414 valence electrons. The maximum absolute atomic E-state index is 13.6. The molecule has 0 aromatic heterocycles. The first kappa shape index (κ1) is 66.6. The van der Waals surface area contributed by atoms with E-state index in [1.54, 1.807) is 6.26 Å². The molecule has 1 saturated heterocycles. The van der Waals surface area contributed by atoms with E-state index in [0.717, 1.165) is 141 Å². The van der Waals surface area contributed by atoms with Crippen molar-refractivity contribution in [1.29, 1.82) is 0 Å². The van der Waals surface area contributed by atoms with Crippen LogP contribution in [0.2, 0.25) is 0 Å². The summed E-state index contributed by atoms with van der Waals surface area (Å²) in [6.07, 6.45) is 54.4. The first-order valence-corrected chi connectivity index (χ1v) is 31.4. The van der Waals surface area contributed by atoms with E-state index in [1.807, 2.05) is 6.08 Å². The van der Waals surface area contributed by atoms with Crippen LogP contribution < -0.4 is 0 Å². The minimum atomic E-state index is -0.542. The largest absolute Gasteiger partial charge is 0.465 e. The topological polar surface area (TPSA) is 96.3 Å². The first-order valence-electron chi connectivity index (χ1n) is 31.4. The number of aliphatic hydroxyl groups is 2.